The second kappa shape index (κ2) is 10.4. The first-order chi connectivity index (χ1) is 13.5. The summed E-state index contributed by atoms with van der Waals surface area (Å²) in [5.41, 5.74) is 0.268. The molecular weight excluding hydrogens is 368 g/mol. The largest absolute Gasteiger partial charge is 0.493 e. The molecule has 1 saturated heterocycles. The lowest BCUT2D eigenvalue weighted by atomic mass is 10.2. The quantitative estimate of drug-likeness (QED) is 0.648. The number of piperazine rings is 1. The Bertz CT molecular complexity index is 700. The number of methoxy groups -OCH3 is 1. The Morgan fingerprint density at radius 1 is 0.929 bits per heavy atom. The number of hydrogen-bond donors (Lipinski definition) is 0. The van der Waals surface area contributed by atoms with Crippen LogP contribution in [0, 0.1) is 0 Å². The van der Waals surface area contributed by atoms with Crippen molar-refractivity contribution in [2.24, 2.45) is 0 Å². The molecule has 0 radical (unpaired) electrons. The number of amides is 2. The first-order valence-corrected chi connectivity index (χ1v) is 9.17. The second-order valence-electron chi connectivity index (χ2n) is 5.94. The smallest absolute Gasteiger partial charge is 0.409 e. The third-order valence-electron chi connectivity index (χ3n) is 4.18. The molecule has 1 aliphatic rings. The van der Waals surface area contributed by atoms with E-state index in [0.717, 1.165) is 0 Å². The van der Waals surface area contributed by atoms with Crippen LogP contribution in [0.4, 0.5) is 4.79 Å². The van der Waals surface area contributed by atoms with Gasteiger partial charge in [0.25, 0.3) is 5.91 Å². The van der Waals surface area contributed by atoms with Gasteiger partial charge in [0, 0.05) is 26.2 Å². The Morgan fingerprint density at radius 2 is 1.61 bits per heavy atom. The van der Waals surface area contributed by atoms with E-state index in [4.69, 9.17) is 18.9 Å². The van der Waals surface area contributed by atoms with Gasteiger partial charge < -0.3 is 28.7 Å². The number of rotatable bonds is 7. The van der Waals surface area contributed by atoms with Crippen LogP contribution in [0.1, 0.15) is 24.2 Å². The minimum atomic E-state index is -0.623. The highest BCUT2D eigenvalue weighted by atomic mass is 16.6. The Morgan fingerprint density at radius 3 is 2.21 bits per heavy atom. The van der Waals surface area contributed by atoms with Crippen molar-refractivity contribution < 1.29 is 33.3 Å². The fourth-order valence-corrected chi connectivity index (χ4v) is 2.73. The molecule has 0 saturated carbocycles. The fourth-order valence-electron chi connectivity index (χ4n) is 2.73. The Hall–Kier alpha value is -2.97. The van der Waals surface area contributed by atoms with Crippen LogP contribution >= 0.6 is 0 Å². The molecule has 1 aliphatic heterocycles. The maximum atomic E-state index is 12.3. The summed E-state index contributed by atoms with van der Waals surface area (Å²) < 4.78 is 20.7. The van der Waals surface area contributed by atoms with Gasteiger partial charge in [0.05, 0.1) is 25.9 Å². The van der Waals surface area contributed by atoms with Crippen molar-refractivity contribution in [1.82, 2.24) is 9.80 Å². The molecule has 1 heterocycles. The first-order valence-electron chi connectivity index (χ1n) is 9.17. The van der Waals surface area contributed by atoms with Crippen LogP contribution in [0.25, 0.3) is 0 Å². The number of hydrogen-bond acceptors (Lipinski definition) is 7. The summed E-state index contributed by atoms with van der Waals surface area (Å²) in [7, 11) is 1.51. The van der Waals surface area contributed by atoms with Gasteiger partial charge in [-0.15, -0.1) is 0 Å². The molecule has 2 amide bonds. The number of carbonyl (C=O) groups is 3. The average Bonchev–Trinajstić information content (AvgIpc) is 2.72. The van der Waals surface area contributed by atoms with E-state index in [1.54, 1.807) is 28.9 Å². The van der Waals surface area contributed by atoms with Crippen LogP contribution in [0.2, 0.25) is 0 Å². The molecule has 9 heteroatoms. The van der Waals surface area contributed by atoms with Crippen LogP contribution in [0.3, 0.4) is 0 Å². The molecule has 0 unspecified atom stereocenters. The zero-order valence-electron chi connectivity index (χ0n) is 16.4. The normalized spacial score (nSPS) is 13.7. The van der Waals surface area contributed by atoms with E-state index in [9.17, 15) is 14.4 Å². The average molecular weight is 394 g/mol. The van der Waals surface area contributed by atoms with Crippen molar-refractivity contribution in [3.05, 3.63) is 23.8 Å². The fraction of sp³-hybridized carbons (Fsp3) is 0.526. The number of nitrogens with zero attached hydrogens (tertiary/aromatic N) is 2. The van der Waals surface area contributed by atoms with E-state index in [-0.39, 0.29) is 24.2 Å². The van der Waals surface area contributed by atoms with Gasteiger partial charge in [-0.1, -0.05) is 0 Å². The summed E-state index contributed by atoms with van der Waals surface area (Å²) in [5, 5.41) is 0. The molecule has 0 atom stereocenters. The van der Waals surface area contributed by atoms with Gasteiger partial charge in [0.1, 0.15) is 0 Å². The van der Waals surface area contributed by atoms with E-state index in [1.807, 2.05) is 6.92 Å². The first kappa shape index (κ1) is 21.3. The molecule has 0 bridgehead atoms. The second-order valence-corrected chi connectivity index (χ2v) is 5.94. The Kier molecular flexibility index (Phi) is 7.91. The van der Waals surface area contributed by atoms with Crippen molar-refractivity contribution >= 4 is 18.0 Å². The van der Waals surface area contributed by atoms with Gasteiger partial charge in [-0.05, 0) is 32.0 Å². The number of carbonyl (C=O) groups excluding carboxylic acids is 3. The van der Waals surface area contributed by atoms with E-state index in [0.29, 0.717) is 50.9 Å². The molecule has 2 rings (SSSR count). The lowest BCUT2D eigenvalue weighted by Crippen LogP contribution is -2.51. The van der Waals surface area contributed by atoms with E-state index in [2.05, 4.69) is 0 Å². The molecule has 1 aromatic rings. The monoisotopic (exact) mass is 394 g/mol. The predicted octanol–water partition coefficient (Wildman–Crippen LogP) is 1.55. The third-order valence-corrected chi connectivity index (χ3v) is 4.18. The van der Waals surface area contributed by atoms with Crippen molar-refractivity contribution in [2.75, 3.05) is 53.1 Å². The highest BCUT2D eigenvalue weighted by Gasteiger charge is 2.25. The van der Waals surface area contributed by atoms with Crippen LogP contribution in [-0.2, 0) is 14.3 Å². The van der Waals surface area contributed by atoms with Gasteiger partial charge in [0.15, 0.2) is 18.1 Å². The van der Waals surface area contributed by atoms with Gasteiger partial charge in [0.2, 0.25) is 0 Å². The highest BCUT2D eigenvalue weighted by molar-refractivity contribution is 5.92. The van der Waals surface area contributed by atoms with Gasteiger partial charge in [-0.25, -0.2) is 9.59 Å². The standard InChI is InChI=1S/C19H26N2O7/c1-4-26-16-12-14(6-7-15(16)25-3)18(23)28-13-17(22)20-8-10-21(11-9-20)19(24)27-5-2/h6-7,12H,4-5,8-11,13H2,1-3H3. The van der Waals surface area contributed by atoms with Gasteiger partial charge in [-0.2, -0.15) is 0 Å². The minimum absolute atomic E-state index is 0.268. The zero-order valence-corrected chi connectivity index (χ0v) is 16.4. The Labute approximate surface area is 164 Å². The summed E-state index contributed by atoms with van der Waals surface area (Å²) in [6, 6.07) is 4.68. The number of esters is 1. The molecule has 0 aromatic heterocycles. The molecule has 9 nitrogen and oxygen atoms in total. The summed E-state index contributed by atoms with van der Waals surface area (Å²) in [6.07, 6.45) is -0.384. The van der Waals surface area contributed by atoms with Crippen LogP contribution < -0.4 is 9.47 Å². The SMILES string of the molecule is CCOC(=O)N1CCN(C(=O)COC(=O)c2ccc(OC)c(OCC)c2)CC1. The number of ether oxygens (including phenoxy) is 4. The summed E-state index contributed by atoms with van der Waals surface area (Å²) in [4.78, 5) is 39.3. The molecule has 1 fully saturated rings. The molecule has 154 valence electrons. The van der Waals surface area contributed by atoms with E-state index in [1.165, 1.54) is 13.2 Å². The van der Waals surface area contributed by atoms with E-state index < -0.39 is 5.97 Å². The molecule has 0 spiro atoms. The molecular formula is C19H26N2O7. The van der Waals surface area contributed by atoms with Crippen LogP contribution in [-0.4, -0.2) is 80.9 Å². The predicted molar refractivity (Wildman–Crippen MR) is 99.6 cm³/mol. The highest BCUT2D eigenvalue weighted by Crippen LogP contribution is 2.28. The van der Waals surface area contributed by atoms with Crippen molar-refractivity contribution in [3.63, 3.8) is 0 Å². The molecule has 0 aliphatic carbocycles. The van der Waals surface area contributed by atoms with Crippen LogP contribution in [0.15, 0.2) is 18.2 Å². The molecule has 28 heavy (non-hydrogen) atoms. The summed E-state index contributed by atoms with van der Waals surface area (Å²) in [6.45, 7) is 5.43. The third kappa shape index (κ3) is 5.51. The summed E-state index contributed by atoms with van der Waals surface area (Å²) >= 11 is 0. The molecule has 0 N–H and O–H groups in total. The zero-order chi connectivity index (χ0) is 20.5. The minimum Gasteiger partial charge on any atom is -0.493 e. The maximum Gasteiger partial charge on any atom is 0.409 e. The topological polar surface area (TPSA) is 94.6 Å². The van der Waals surface area contributed by atoms with Crippen LogP contribution in [0.5, 0.6) is 11.5 Å². The molecule has 1 aromatic carbocycles. The van der Waals surface area contributed by atoms with E-state index >= 15 is 0 Å². The summed E-state index contributed by atoms with van der Waals surface area (Å²) in [5.74, 6) is 0.00679. The van der Waals surface area contributed by atoms with Crippen molar-refractivity contribution in [2.45, 2.75) is 13.8 Å². The lowest BCUT2D eigenvalue weighted by molar-refractivity contribution is -0.136. The Balaban J connectivity index is 1.85. The lowest BCUT2D eigenvalue weighted by Gasteiger charge is -2.33. The maximum absolute atomic E-state index is 12.3. The van der Waals surface area contributed by atoms with Crippen molar-refractivity contribution in [1.29, 1.82) is 0 Å². The van der Waals surface area contributed by atoms with Gasteiger partial charge >= 0.3 is 12.1 Å². The number of benzene rings is 1. The van der Waals surface area contributed by atoms with Gasteiger partial charge in [-0.3, -0.25) is 4.79 Å². The van der Waals surface area contributed by atoms with Crippen molar-refractivity contribution in [3.8, 4) is 11.5 Å².